The Labute approximate surface area is 122 Å². The smallest absolute Gasteiger partial charge is 0.292 e. The molecule has 0 aliphatic carbocycles. The highest BCUT2D eigenvalue weighted by molar-refractivity contribution is 7.80. The van der Waals surface area contributed by atoms with Crippen LogP contribution in [-0.2, 0) is 4.74 Å². The highest BCUT2D eigenvalue weighted by atomic mass is 32.1. The van der Waals surface area contributed by atoms with Gasteiger partial charge in [-0.15, -0.1) is 0 Å². The molecule has 1 aliphatic rings. The minimum absolute atomic E-state index is 0.0334. The van der Waals surface area contributed by atoms with E-state index in [-0.39, 0.29) is 17.8 Å². The van der Waals surface area contributed by atoms with Crippen LogP contribution in [0.5, 0.6) is 0 Å². The first-order valence-electron chi connectivity index (χ1n) is 6.30. The van der Waals surface area contributed by atoms with Crippen LogP contribution in [0.15, 0.2) is 24.5 Å². The Kier molecular flexibility index (Phi) is 4.49. The van der Waals surface area contributed by atoms with E-state index in [0.29, 0.717) is 0 Å². The van der Waals surface area contributed by atoms with Gasteiger partial charge in [0.05, 0.1) is 12.6 Å². The van der Waals surface area contributed by atoms with Gasteiger partial charge in [0.25, 0.3) is 5.92 Å². The number of ether oxygens (including phenoxy) is 1. The molecule has 4 nitrogen and oxygen atoms in total. The van der Waals surface area contributed by atoms with Gasteiger partial charge in [-0.05, 0) is 36.8 Å². The minimum atomic E-state index is -2.88. The third-order valence-corrected chi connectivity index (χ3v) is 3.88. The van der Waals surface area contributed by atoms with Gasteiger partial charge in [-0.1, -0.05) is 0 Å². The highest BCUT2D eigenvalue weighted by Gasteiger charge is 2.46. The van der Waals surface area contributed by atoms with Crippen molar-refractivity contribution < 1.29 is 13.5 Å². The van der Waals surface area contributed by atoms with Gasteiger partial charge in [0.2, 0.25) is 0 Å². The van der Waals surface area contributed by atoms with Crippen LogP contribution in [0, 0.1) is 0 Å². The van der Waals surface area contributed by atoms with Crippen LogP contribution in [0.25, 0.3) is 0 Å². The molecule has 1 aromatic rings. The first-order valence-corrected chi connectivity index (χ1v) is 6.71. The van der Waals surface area contributed by atoms with Gasteiger partial charge in [0.1, 0.15) is 12.6 Å². The maximum atomic E-state index is 13.5. The van der Waals surface area contributed by atoms with Crippen molar-refractivity contribution in [2.75, 3.05) is 20.3 Å². The van der Waals surface area contributed by atoms with Crippen LogP contribution >= 0.6 is 12.2 Å². The molecular formula is C13H17F2N3OS. The lowest BCUT2D eigenvalue weighted by Crippen LogP contribution is -2.51. The molecule has 110 valence electrons. The predicted octanol–water partition coefficient (Wildman–Crippen LogP) is 1.98. The summed E-state index contributed by atoms with van der Waals surface area (Å²) in [5.41, 5.74) is 1.01. The number of thiocarbonyl (C=S) groups is 1. The molecule has 1 aliphatic heterocycles. The number of rotatable bonds is 3. The van der Waals surface area contributed by atoms with Crippen LogP contribution in [-0.4, -0.2) is 47.2 Å². The van der Waals surface area contributed by atoms with E-state index in [2.05, 4.69) is 10.3 Å². The number of halogens is 2. The van der Waals surface area contributed by atoms with Crippen molar-refractivity contribution in [3.63, 3.8) is 0 Å². The van der Waals surface area contributed by atoms with Gasteiger partial charge in [-0.2, -0.15) is 0 Å². The Balaban J connectivity index is 1.99. The van der Waals surface area contributed by atoms with Gasteiger partial charge in [0, 0.05) is 19.4 Å². The fourth-order valence-electron chi connectivity index (χ4n) is 1.97. The number of pyridine rings is 1. The van der Waals surface area contributed by atoms with Crippen molar-refractivity contribution in [2.24, 2.45) is 0 Å². The lowest BCUT2D eigenvalue weighted by Gasteiger charge is -2.30. The summed E-state index contributed by atoms with van der Waals surface area (Å²) in [5, 5.41) is 2.97. The second-order valence-electron chi connectivity index (χ2n) is 4.85. The van der Waals surface area contributed by atoms with E-state index in [1.165, 1.54) is 0 Å². The summed E-state index contributed by atoms with van der Waals surface area (Å²) in [6.07, 6.45) is 3.38. The highest BCUT2D eigenvalue weighted by Crippen LogP contribution is 2.26. The van der Waals surface area contributed by atoms with E-state index in [4.69, 9.17) is 17.0 Å². The number of hydrogen-bond acceptors (Lipinski definition) is 3. The molecule has 0 spiro atoms. The Bertz CT molecular complexity index is 472. The second-order valence-corrected chi connectivity index (χ2v) is 5.23. The monoisotopic (exact) mass is 301 g/mol. The third-order valence-electron chi connectivity index (χ3n) is 3.48. The topological polar surface area (TPSA) is 37.4 Å². The molecule has 7 heteroatoms. The van der Waals surface area contributed by atoms with Crippen molar-refractivity contribution >= 4 is 17.3 Å². The maximum absolute atomic E-state index is 13.5. The SMILES string of the molecule is C[C@@H](c1ccncc1)N(C)C(=S)NC1COCC1(F)F. The predicted molar refractivity (Wildman–Crippen MR) is 75.7 cm³/mol. The van der Waals surface area contributed by atoms with Crippen molar-refractivity contribution in [3.05, 3.63) is 30.1 Å². The Hall–Kier alpha value is -1.34. The molecule has 0 saturated carbocycles. The largest absolute Gasteiger partial charge is 0.373 e. The molecule has 0 radical (unpaired) electrons. The van der Waals surface area contributed by atoms with E-state index in [1.807, 2.05) is 19.1 Å². The molecule has 1 saturated heterocycles. The van der Waals surface area contributed by atoms with E-state index >= 15 is 0 Å². The molecule has 20 heavy (non-hydrogen) atoms. The van der Waals surface area contributed by atoms with E-state index in [9.17, 15) is 8.78 Å². The first-order chi connectivity index (χ1) is 9.42. The standard InChI is InChI=1S/C13H17F2N3OS/c1-9(10-3-5-16-6-4-10)18(2)12(20)17-11-7-19-8-13(11,14)15/h3-6,9,11H,7-8H2,1-2H3,(H,17,20)/t9-,11?/m0/s1. The lowest BCUT2D eigenvalue weighted by molar-refractivity contribution is -0.0206. The Morgan fingerprint density at radius 2 is 2.20 bits per heavy atom. The van der Waals surface area contributed by atoms with Gasteiger partial charge in [-0.25, -0.2) is 8.78 Å². The summed E-state index contributed by atoms with van der Waals surface area (Å²) in [6, 6.07) is 2.64. The molecule has 2 atom stereocenters. The molecule has 0 amide bonds. The zero-order valence-corrected chi connectivity index (χ0v) is 12.2. The Morgan fingerprint density at radius 1 is 1.55 bits per heavy atom. The van der Waals surface area contributed by atoms with Gasteiger partial charge < -0.3 is 15.0 Å². The molecule has 1 unspecified atom stereocenters. The third kappa shape index (κ3) is 3.21. The summed E-state index contributed by atoms with van der Waals surface area (Å²) in [4.78, 5) is 5.70. The zero-order valence-electron chi connectivity index (χ0n) is 11.3. The molecule has 1 aromatic heterocycles. The summed E-state index contributed by atoms with van der Waals surface area (Å²) >= 11 is 5.20. The summed E-state index contributed by atoms with van der Waals surface area (Å²) < 4.78 is 31.8. The zero-order chi connectivity index (χ0) is 14.8. The molecule has 2 heterocycles. The number of hydrogen-bond donors (Lipinski definition) is 1. The van der Waals surface area contributed by atoms with Crippen molar-refractivity contribution in [3.8, 4) is 0 Å². The van der Waals surface area contributed by atoms with Crippen molar-refractivity contribution in [2.45, 2.75) is 24.9 Å². The van der Waals surface area contributed by atoms with Gasteiger partial charge in [-0.3, -0.25) is 4.98 Å². The van der Waals surface area contributed by atoms with Gasteiger partial charge >= 0.3 is 0 Å². The van der Waals surface area contributed by atoms with Crippen molar-refractivity contribution in [1.29, 1.82) is 0 Å². The fourth-order valence-corrected chi connectivity index (χ4v) is 2.28. The Morgan fingerprint density at radius 3 is 2.75 bits per heavy atom. The summed E-state index contributed by atoms with van der Waals surface area (Å²) in [5.74, 6) is -2.88. The molecular weight excluding hydrogens is 284 g/mol. The van der Waals surface area contributed by atoms with E-state index < -0.39 is 18.6 Å². The van der Waals surface area contributed by atoms with E-state index in [1.54, 1.807) is 24.3 Å². The van der Waals surface area contributed by atoms with Gasteiger partial charge in [0.15, 0.2) is 5.11 Å². The molecule has 0 bridgehead atoms. The molecule has 2 rings (SSSR count). The number of nitrogens with one attached hydrogen (secondary N) is 1. The normalized spacial score (nSPS) is 22.3. The number of aromatic nitrogens is 1. The van der Waals surface area contributed by atoms with Crippen LogP contribution in [0.4, 0.5) is 8.78 Å². The molecule has 1 fully saturated rings. The molecule has 1 N–H and O–H groups in total. The number of nitrogens with zero attached hydrogens (tertiary/aromatic N) is 2. The molecule has 0 aromatic carbocycles. The second kappa shape index (κ2) is 5.97. The quantitative estimate of drug-likeness (QED) is 0.864. The van der Waals surface area contributed by atoms with Crippen LogP contribution < -0.4 is 5.32 Å². The summed E-state index contributed by atoms with van der Waals surface area (Å²) in [6.45, 7) is 1.36. The average molecular weight is 301 g/mol. The van der Waals surface area contributed by atoms with Crippen molar-refractivity contribution in [1.82, 2.24) is 15.2 Å². The summed E-state index contributed by atoms with van der Waals surface area (Å²) in [7, 11) is 1.77. The number of alkyl halides is 2. The fraction of sp³-hybridized carbons (Fsp3) is 0.538. The average Bonchev–Trinajstić information content (AvgIpc) is 2.77. The van der Waals surface area contributed by atoms with E-state index in [0.717, 1.165) is 5.56 Å². The lowest BCUT2D eigenvalue weighted by atomic mass is 10.1. The first kappa shape index (κ1) is 15.1. The van der Waals surface area contributed by atoms with Crippen LogP contribution in [0.3, 0.4) is 0 Å². The maximum Gasteiger partial charge on any atom is 0.292 e. The van der Waals surface area contributed by atoms with Crippen LogP contribution in [0.2, 0.25) is 0 Å². The minimum Gasteiger partial charge on any atom is -0.373 e. The van der Waals surface area contributed by atoms with Crippen LogP contribution in [0.1, 0.15) is 18.5 Å².